The maximum Gasteiger partial charge on any atom is 0.271 e. The molecule has 0 heterocycles. The smallest absolute Gasteiger partial charge is 0.271 e. The van der Waals surface area contributed by atoms with Crippen molar-refractivity contribution in [3.8, 4) is 5.75 Å². The summed E-state index contributed by atoms with van der Waals surface area (Å²) in [5, 5.41) is 4.24. The number of hydrazone groups is 1. The van der Waals surface area contributed by atoms with Gasteiger partial charge in [-0.15, -0.1) is 0 Å². The molecule has 0 spiro atoms. The number of hydrogen-bond donors (Lipinski definition) is 1. The summed E-state index contributed by atoms with van der Waals surface area (Å²) in [6.45, 7) is 2.22. The van der Waals surface area contributed by atoms with Crippen LogP contribution in [0.4, 0.5) is 0 Å². The van der Waals surface area contributed by atoms with Crippen LogP contribution in [0.2, 0.25) is 0 Å². The van der Waals surface area contributed by atoms with Crippen LogP contribution in [0.3, 0.4) is 0 Å². The zero-order valence-electron chi connectivity index (χ0n) is 11.5. The van der Waals surface area contributed by atoms with Gasteiger partial charge < -0.3 is 4.74 Å². The van der Waals surface area contributed by atoms with Crippen molar-refractivity contribution < 1.29 is 9.53 Å². The topological polar surface area (TPSA) is 50.7 Å². The SMILES string of the molecule is COc1ccc(C(=O)N/N=C2/CCCC(C)C2)cc1. The lowest BCUT2D eigenvalue weighted by molar-refractivity contribution is 0.0954. The number of amides is 1. The molecule has 0 radical (unpaired) electrons. The summed E-state index contributed by atoms with van der Waals surface area (Å²) in [6, 6.07) is 7.01. The molecule has 0 bridgehead atoms. The quantitative estimate of drug-likeness (QED) is 0.849. The summed E-state index contributed by atoms with van der Waals surface area (Å²) >= 11 is 0. The third kappa shape index (κ3) is 3.81. The molecule has 1 N–H and O–H groups in total. The first kappa shape index (κ1) is 13.6. The highest BCUT2D eigenvalue weighted by Crippen LogP contribution is 2.21. The maximum atomic E-state index is 11.9. The molecule has 2 rings (SSSR count). The second kappa shape index (κ2) is 6.36. The van der Waals surface area contributed by atoms with E-state index in [1.165, 1.54) is 12.8 Å². The van der Waals surface area contributed by atoms with Crippen molar-refractivity contribution in [1.82, 2.24) is 5.43 Å². The fourth-order valence-corrected chi connectivity index (χ4v) is 2.30. The van der Waals surface area contributed by atoms with Gasteiger partial charge in [0.15, 0.2) is 0 Å². The summed E-state index contributed by atoms with van der Waals surface area (Å²) < 4.78 is 5.06. The van der Waals surface area contributed by atoms with Crippen molar-refractivity contribution in [2.24, 2.45) is 11.0 Å². The van der Waals surface area contributed by atoms with Crippen molar-refractivity contribution in [2.45, 2.75) is 32.6 Å². The van der Waals surface area contributed by atoms with Crippen molar-refractivity contribution in [1.29, 1.82) is 0 Å². The third-order valence-electron chi connectivity index (χ3n) is 3.41. The lowest BCUT2D eigenvalue weighted by Crippen LogP contribution is -2.22. The third-order valence-corrected chi connectivity index (χ3v) is 3.41. The number of hydrogen-bond acceptors (Lipinski definition) is 3. The molecule has 1 aromatic rings. The molecule has 4 nitrogen and oxygen atoms in total. The van der Waals surface area contributed by atoms with Gasteiger partial charge in [0, 0.05) is 11.3 Å². The fraction of sp³-hybridized carbons (Fsp3) is 0.467. The van der Waals surface area contributed by atoms with Crippen LogP contribution in [0.25, 0.3) is 0 Å². The molecule has 4 heteroatoms. The van der Waals surface area contributed by atoms with E-state index in [2.05, 4.69) is 17.5 Å². The van der Waals surface area contributed by atoms with Gasteiger partial charge in [-0.3, -0.25) is 4.79 Å². The monoisotopic (exact) mass is 260 g/mol. The molecule has 1 aromatic carbocycles. The van der Waals surface area contributed by atoms with Crippen LogP contribution in [0.15, 0.2) is 29.4 Å². The van der Waals surface area contributed by atoms with E-state index in [-0.39, 0.29) is 5.91 Å². The molecule has 1 amide bonds. The maximum absolute atomic E-state index is 11.9. The molecule has 0 saturated heterocycles. The second-order valence-electron chi connectivity index (χ2n) is 5.05. The van der Waals surface area contributed by atoms with Gasteiger partial charge in [-0.25, -0.2) is 5.43 Å². The Morgan fingerprint density at radius 2 is 2.11 bits per heavy atom. The van der Waals surface area contributed by atoms with Gasteiger partial charge in [-0.2, -0.15) is 5.10 Å². The number of carbonyl (C=O) groups is 1. The lowest BCUT2D eigenvalue weighted by atomic mass is 9.89. The average molecular weight is 260 g/mol. The molecule has 102 valence electrons. The summed E-state index contributed by atoms with van der Waals surface area (Å²) in [4.78, 5) is 11.9. The van der Waals surface area contributed by atoms with Gasteiger partial charge >= 0.3 is 0 Å². The highest BCUT2D eigenvalue weighted by Gasteiger charge is 2.14. The summed E-state index contributed by atoms with van der Waals surface area (Å²) in [5.74, 6) is 1.24. The standard InChI is InChI=1S/C15H20N2O2/c1-11-4-3-5-13(10-11)16-17-15(18)12-6-8-14(19-2)9-7-12/h6-9,11H,3-5,10H2,1-2H3,(H,17,18)/b16-13-. The predicted octanol–water partition coefficient (Wildman–Crippen LogP) is 2.99. The number of methoxy groups -OCH3 is 1. The normalized spacial score (nSPS) is 21.2. The van der Waals surface area contributed by atoms with Gasteiger partial charge in [0.1, 0.15) is 5.75 Å². The van der Waals surface area contributed by atoms with Crippen molar-refractivity contribution in [3.63, 3.8) is 0 Å². The molecular formula is C15H20N2O2. The van der Waals surface area contributed by atoms with E-state index in [1.807, 2.05) is 0 Å². The van der Waals surface area contributed by atoms with Crippen LogP contribution < -0.4 is 10.2 Å². The summed E-state index contributed by atoms with van der Waals surface area (Å²) in [6.07, 6.45) is 4.40. The first-order valence-corrected chi connectivity index (χ1v) is 6.69. The Morgan fingerprint density at radius 1 is 1.37 bits per heavy atom. The minimum Gasteiger partial charge on any atom is -0.497 e. The molecule has 19 heavy (non-hydrogen) atoms. The summed E-state index contributed by atoms with van der Waals surface area (Å²) in [7, 11) is 1.60. The Bertz CT molecular complexity index is 466. The van der Waals surface area contributed by atoms with Crippen LogP contribution >= 0.6 is 0 Å². The van der Waals surface area contributed by atoms with Crippen LogP contribution in [0.5, 0.6) is 5.75 Å². The van der Waals surface area contributed by atoms with E-state index in [4.69, 9.17) is 4.74 Å². The van der Waals surface area contributed by atoms with Gasteiger partial charge in [0.25, 0.3) is 5.91 Å². The van der Waals surface area contributed by atoms with Gasteiger partial charge in [0.2, 0.25) is 0 Å². The van der Waals surface area contributed by atoms with E-state index in [0.717, 1.165) is 24.3 Å². The molecule has 1 atom stereocenters. The Balaban J connectivity index is 1.94. The second-order valence-corrected chi connectivity index (χ2v) is 5.05. The minimum atomic E-state index is -0.173. The minimum absolute atomic E-state index is 0.173. The van der Waals surface area contributed by atoms with Gasteiger partial charge in [-0.1, -0.05) is 6.92 Å². The molecule has 1 aliphatic carbocycles. The first-order chi connectivity index (χ1) is 9.19. The van der Waals surface area contributed by atoms with Crippen molar-refractivity contribution in [3.05, 3.63) is 29.8 Å². The number of nitrogens with zero attached hydrogens (tertiary/aromatic N) is 1. The Morgan fingerprint density at radius 3 is 2.74 bits per heavy atom. The first-order valence-electron chi connectivity index (χ1n) is 6.69. The zero-order chi connectivity index (χ0) is 13.7. The van der Waals surface area contributed by atoms with E-state index in [9.17, 15) is 4.79 Å². The van der Waals surface area contributed by atoms with Crippen molar-refractivity contribution >= 4 is 11.6 Å². The Labute approximate surface area is 113 Å². The largest absolute Gasteiger partial charge is 0.497 e. The number of nitrogens with one attached hydrogen (secondary N) is 1. The molecule has 1 unspecified atom stereocenters. The van der Waals surface area contributed by atoms with Crippen LogP contribution in [0.1, 0.15) is 43.0 Å². The lowest BCUT2D eigenvalue weighted by Gasteiger charge is -2.18. The van der Waals surface area contributed by atoms with E-state index in [0.29, 0.717) is 11.5 Å². The van der Waals surface area contributed by atoms with E-state index in [1.54, 1.807) is 31.4 Å². The highest BCUT2D eigenvalue weighted by atomic mass is 16.5. The Kier molecular flexibility index (Phi) is 4.55. The van der Waals surface area contributed by atoms with E-state index < -0.39 is 0 Å². The van der Waals surface area contributed by atoms with Crippen molar-refractivity contribution in [2.75, 3.05) is 7.11 Å². The molecule has 0 aliphatic heterocycles. The summed E-state index contributed by atoms with van der Waals surface area (Å²) in [5.41, 5.74) is 4.32. The molecule has 1 aliphatic rings. The van der Waals surface area contributed by atoms with Crippen LogP contribution in [-0.2, 0) is 0 Å². The number of benzene rings is 1. The zero-order valence-corrected chi connectivity index (χ0v) is 11.5. The van der Waals surface area contributed by atoms with Crippen LogP contribution in [0, 0.1) is 5.92 Å². The molecular weight excluding hydrogens is 240 g/mol. The van der Waals surface area contributed by atoms with Gasteiger partial charge in [0.05, 0.1) is 7.11 Å². The molecule has 0 aromatic heterocycles. The predicted molar refractivity (Wildman–Crippen MR) is 75.5 cm³/mol. The highest BCUT2D eigenvalue weighted by molar-refractivity contribution is 5.95. The Hall–Kier alpha value is -1.84. The average Bonchev–Trinajstić information content (AvgIpc) is 2.45. The molecule has 1 saturated carbocycles. The van der Waals surface area contributed by atoms with Gasteiger partial charge in [-0.05, 0) is 55.9 Å². The fourth-order valence-electron chi connectivity index (χ4n) is 2.30. The van der Waals surface area contributed by atoms with Crippen LogP contribution in [-0.4, -0.2) is 18.7 Å². The van der Waals surface area contributed by atoms with E-state index >= 15 is 0 Å². The molecule has 1 fully saturated rings. The number of ether oxygens (including phenoxy) is 1. The number of rotatable bonds is 3. The number of carbonyl (C=O) groups excluding carboxylic acids is 1.